The minimum absolute atomic E-state index is 0.0415. The lowest BCUT2D eigenvalue weighted by Gasteiger charge is -2.63. The number of aliphatic hydroxyl groups is 1. The highest BCUT2D eigenvalue weighted by Gasteiger charge is 2.73. The number of aromatic hydroxyl groups is 1. The van der Waals surface area contributed by atoms with E-state index in [1.54, 1.807) is 12.1 Å². The van der Waals surface area contributed by atoms with Gasteiger partial charge in [0.2, 0.25) is 0 Å². The fraction of sp³-hybridized carbons (Fsp3) is 0.591. The van der Waals surface area contributed by atoms with E-state index >= 15 is 0 Å². The number of nitrogens with zero attached hydrogens (tertiary/aromatic N) is 1. The molecule has 6 heteroatoms. The number of likely N-dealkylation sites (N-methyl/N-ethyl adjacent to an activating group) is 1. The molecule has 1 aromatic carbocycles. The van der Waals surface area contributed by atoms with Gasteiger partial charge >= 0.3 is 0 Å². The van der Waals surface area contributed by atoms with Gasteiger partial charge in [-0.2, -0.15) is 0 Å². The third-order valence-electron chi connectivity index (χ3n) is 7.36. The molecular weight excluding hydrogens is 356 g/mol. The Morgan fingerprint density at radius 2 is 2.18 bits per heavy atom. The van der Waals surface area contributed by atoms with Crippen LogP contribution in [-0.4, -0.2) is 64.8 Å². The predicted molar refractivity (Wildman–Crippen MR) is 105 cm³/mol. The zero-order chi connectivity index (χ0) is 19.7. The number of ether oxygens (including phenoxy) is 1. The first-order chi connectivity index (χ1) is 13.5. The van der Waals surface area contributed by atoms with E-state index in [-0.39, 0.29) is 17.6 Å². The number of piperidine rings is 1. The van der Waals surface area contributed by atoms with E-state index in [9.17, 15) is 15.0 Å². The van der Waals surface area contributed by atoms with Crippen LogP contribution in [0.15, 0.2) is 24.3 Å². The SMILES string of the molecule is CCCCCN[C@@]12C=C[C@H](O)[C@@H]3Oc4c(O)ccc5c4[C@@]31CCN(C)[C@@H]2C5=O. The molecule has 0 amide bonds. The van der Waals surface area contributed by atoms with E-state index in [1.165, 1.54) is 6.07 Å². The van der Waals surface area contributed by atoms with Crippen LogP contribution in [0, 0.1) is 0 Å². The summed E-state index contributed by atoms with van der Waals surface area (Å²) in [5, 5.41) is 25.1. The van der Waals surface area contributed by atoms with Crippen LogP contribution >= 0.6 is 0 Å². The second-order valence-electron chi connectivity index (χ2n) is 8.70. The first kappa shape index (κ1) is 18.2. The highest BCUT2D eigenvalue weighted by molar-refractivity contribution is 6.06. The van der Waals surface area contributed by atoms with Crippen LogP contribution in [0.4, 0.5) is 0 Å². The summed E-state index contributed by atoms with van der Waals surface area (Å²) >= 11 is 0. The van der Waals surface area contributed by atoms with Crippen molar-refractivity contribution in [1.82, 2.24) is 10.2 Å². The molecule has 0 saturated carbocycles. The summed E-state index contributed by atoms with van der Waals surface area (Å²) in [6.45, 7) is 3.71. The molecule has 6 nitrogen and oxygen atoms in total. The number of hydrogen-bond acceptors (Lipinski definition) is 6. The van der Waals surface area contributed by atoms with Gasteiger partial charge in [0.15, 0.2) is 17.3 Å². The lowest BCUT2D eigenvalue weighted by atomic mass is 9.48. The number of hydrogen-bond donors (Lipinski definition) is 3. The lowest BCUT2D eigenvalue weighted by molar-refractivity contribution is -0.0622. The number of benzene rings is 1. The Labute approximate surface area is 165 Å². The number of nitrogens with one attached hydrogen (secondary N) is 1. The lowest BCUT2D eigenvalue weighted by Crippen LogP contribution is -2.81. The molecular formula is C22H28N2O4. The first-order valence-electron chi connectivity index (χ1n) is 10.4. The van der Waals surface area contributed by atoms with E-state index in [1.807, 2.05) is 13.1 Å². The van der Waals surface area contributed by atoms with Gasteiger partial charge in [-0.25, -0.2) is 0 Å². The zero-order valence-electron chi connectivity index (χ0n) is 16.4. The summed E-state index contributed by atoms with van der Waals surface area (Å²) in [4.78, 5) is 15.8. The number of phenolic OH excluding ortho intramolecular Hbond substituents is 1. The van der Waals surface area contributed by atoms with E-state index in [0.717, 1.165) is 44.3 Å². The molecule has 5 rings (SSSR count). The number of rotatable bonds is 5. The number of phenols is 1. The molecule has 2 bridgehead atoms. The van der Waals surface area contributed by atoms with E-state index in [2.05, 4.69) is 17.1 Å². The molecule has 2 aliphatic heterocycles. The third kappa shape index (κ3) is 1.96. The molecule has 0 radical (unpaired) electrons. The standard InChI is InChI=1S/C22H28N2O4/c1-3-4-5-11-23-22-9-8-15(26)20-21(22)10-12-24(2)19(22)17(27)13-6-7-14(25)18(28-20)16(13)21/h6-9,15,19-20,23,25-26H,3-5,10-12H2,1-2H3/t15-,19+,20-,21-,22+/m0/s1. The average Bonchev–Trinajstić information content (AvgIpc) is 3.04. The summed E-state index contributed by atoms with van der Waals surface area (Å²) in [6, 6.07) is 2.90. The van der Waals surface area contributed by atoms with Crippen LogP contribution in [0.5, 0.6) is 11.5 Å². The number of ketones is 1. The molecule has 28 heavy (non-hydrogen) atoms. The molecule has 1 fully saturated rings. The summed E-state index contributed by atoms with van der Waals surface area (Å²) in [5.41, 5.74) is 0.196. The molecule has 4 aliphatic rings. The maximum absolute atomic E-state index is 13.6. The minimum Gasteiger partial charge on any atom is -0.504 e. The Morgan fingerprint density at radius 1 is 1.36 bits per heavy atom. The van der Waals surface area contributed by atoms with Gasteiger partial charge in [-0.05, 0) is 45.1 Å². The van der Waals surface area contributed by atoms with Gasteiger partial charge in [0, 0.05) is 11.1 Å². The Hall–Kier alpha value is -1.89. The third-order valence-corrected chi connectivity index (χ3v) is 7.36. The molecule has 1 aromatic rings. The Morgan fingerprint density at radius 3 is 2.96 bits per heavy atom. The van der Waals surface area contributed by atoms with Crippen LogP contribution in [-0.2, 0) is 5.41 Å². The van der Waals surface area contributed by atoms with Crippen molar-refractivity contribution >= 4 is 5.78 Å². The van der Waals surface area contributed by atoms with Crippen molar-refractivity contribution in [3.05, 3.63) is 35.4 Å². The molecule has 2 heterocycles. The molecule has 1 saturated heterocycles. The zero-order valence-corrected chi connectivity index (χ0v) is 16.4. The number of carbonyl (C=O) groups excluding carboxylic acids is 1. The fourth-order valence-corrected chi connectivity index (χ4v) is 6.19. The second-order valence-corrected chi connectivity index (χ2v) is 8.70. The molecule has 5 atom stereocenters. The number of likely N-dealkylation sites (tertiary alicyclic amines) is 1. The molecule has 3 N–H and O–H groups in total. The molecule has 2 aliphatic carbocycles. The van der Waals surface area contributed by atoms with Gasteiger partial charge in [-0.15, -0.1) is 0 Å². The summed E-state index contributed by atoms with van der Waals surface area (Å²) in [5.74, 6) is 0.475. The predicted octanol–water partition coefficient (Wildman–Crippen LogP) is 1.74. The fourth-order valence-electron chi connectivity index (χ4n) is 6.19. The second kappa shape index (κ2) is 6.05. The highest BCUT2D eigenvalue weighted by atomic mass is 16.5. The van der Waals surface area contributed by atoms with Crippen molar-refractivity contribution in [2.24, 2.45) is 0 Å². The Bertz CT molecular complexity index is 868. The van der Waals surface area contributed by atoms with Crippen LogP contribution in [0.25, 0.3) is 0 Å². The number of unbranched alkanes of at least 4 members (excludes halogenated alkanes) is 2. The number of Topliss-reactive ketones (excluding diaryl/α,β-unsaturated/α-hetero) is 1. The van der Waals surface area contributed by atoms with Gasteiger partial charge in [0.1, 0.15) is 12.2 Å². The molecule has 150 valence electrons. The van der Waals surface area contributed by atoms with Gasteiger partial charge in [0.25, 0.3) is 0 Å². The van der Waals surface area contributed by atoms with E-state index < -0.39 is 23.2 Å². The Kier molecular flexibility index (Phi) is 3.92. The van der Waals surface area contributed by atoms with Crippen molar-refractivity contribution in [1.29, 1.82) is 0 Å². The average molecular weight is 384 g/mol. The minimum atomic E-state index is -0.775. The van der Waals surface area contributed by atoms with Crippen LogP contribution in [0.2, 0.25) is 0 Å². The maximum Gasteiger partial charge on any atom is 0.182 e. The van der Waals surface area contributed by atoms with Crippen molar-refractivity contribution < 1.29 is 19.7 Å². The van der Waals surface area contributed by atoms with Gasteiger partial charge < -0.3 is 20.3 Å². The highest BCUT2D eigenvalue weighted by Crippen LogP contribution is 2.63. The Balaban J connectivity index is 1.75. The van der Waals surface area contributed by atoms with Crippen LogP contribution < -0.4 is 10.1 Å². The van der Waals surface area contributed by atoms with Gasteiger partial charge in [-0.1, -0.05) is 31.9 Å². The van der Waals surface area contributed by atoms with E-state index in [4.69, 9.17) is 4.74 Å². The van der Waals surface area contributed by atoms with Crippen molar-refractivity contribution in [2.75, 3.05) is 20.1 Å². The van der Waals surface area contributed by atoms with Crippen LogP contribution in [0.3, 0.4) is 0 Å². The van der Waals surface area contributed by atoms with Crippen molar-refractivity contribution in [3.8, 4) is 11.5 Å². The first-order valence-corrected chi connectivity index (χ1v) is 10.4. The monoisotopic (exact) mass is 384 g/mol. The number of aliphatic hydroxyl groups excluding tert-OH is 1. The quantitative estimate of drug-likeness (QED) is 0.530. The van der Waals surface area contributed by atoms with Crippen molar-refractivity contribution in [2.45, 2.75) is 61.8 Å². The van der Waals surface area contributed by atoms with Crippen LogP contribution in [0.1, 0.15) is 48.5 Å². The maximum atomic E-state index is 13.6. The van der Waals surface area contributed by atoms with E-state index in [0.29, 0.717) is 11.3 Å². The van der Waals surface area contributed by atoms with Gasteiger partial charge in [0.05, 0.1) is 17.0 Å². The topological polar surface area (TPSA) is 82.0 Å². The largest absolute Gasteiger partial charge is 0.504 e. The molecule has 1 spiro atoms. The number of carbonyl (C=O) groups is 1. The normalized spacial score (nSPS) is 37.7. The molecule has 0 unspecified atom stereocenters. The smallest absolute Gasteiger partial charge is 0.182 e. The summed E-state index contributed by atoms with van der Waals surface area (Å²) in [6.07, 6.45) is 6.53. The summed E-state index contributed by atoms with van der Waals surface area (Å²) < 4.78 is 6.20. The van der Waals surface area contributed by atoms with Crippen molar-refractivity contribution in [3.63, 3.8) is 0 Å². The summed E-state index contributed by atoms with van der Waals surface area (Å²) in [7, 11) is 2.00. The molecule has 0 aromatic heterocycles. The van der Waals surface area contributed by atoms with Gasteiger partial charge in [-0.3, -0.25) is 9.69 Å².